The minimum atomic E-state index is -2.29. The number of unbranched alkanes of at least 4 members (excludes halogenated alkanes) is 2. The smallest absolute Gasteiger partial charge is 0.251 e. The Morgan fingerprint density at radius 3 is 1.74 bits per heavy atom. The zero-order valence-corrected chi connectivity index (χ0v) is 50.6. The molecule has 88 heavy (non-hydrogen) atoms. The number of nitrogens with one attached hydrogen (secondary N) is 5. The molecule has 0 bridgehead atoms. The predicted octanol–water partition coefficient (Wildman–Crippen LogP) is -0.197. The van der Waals surface area contributed by atoms with Crippen LogP contribution in [0.1, 0.15) is 81.8 Å². The number of fused-ring (bicyclic) bond motifs is 2. The molecule has 0 aliphatic carbocycles. The first-order valence-electron chi connectivity index (χ1n) is 29.7. The Balaban J connectivity index is 1.23. The van der Waals surface area contributed by atoms with Crippen LogP contribution < -0.4 is 31.3 Å². The molecule has 15 atom stereocenters. The van der Waals surface area contributed by atoms with Crippen molar-refractivity contribution in [2.75, 3.05) is 54.0 Å². The summed E-state index contributed by atoms with van der Waals surface area (Å²) in [5.41, 5.74) is 3.48. The van der Waals surface area contributed by atoms with E-state index in [4.69, 9.17) is 9.47 Å². The Hall–Kier alpha value is -7.59. The van der Waals surface area contributed by atoms with Crippen LogP contribution in [-0.4, -0.2) is 230 Å². The third-order valence-corrected chi connectivity index (χ3v) is 16.1. The van der Waals surface area contributed by atoms with Gasteiger partial charge in [0.1, 0.15) is 72.6 Å². The molecule has 3 aliphatic rings. The van der Waals surface area contributed by atoms with E-state index < -0.39 is 152 Å². The molecular formula is C63H85N8O17+. The first kappa shape index (κ1) is 67.9. The number of likely N-dealkylation sites (N-methyl/N-ethyl adjacent to an activating group) is 1. The number of hydrogen-bond donors (Lipinski definition) is 13. The van der Waals surface area contributed by atoms with E-state index in [-0.39, 0.29) is 36.6 Å². The number of hydrogen-bond acceptors (Lipinski definition) is 17. The summed E-state index contributed by atoms with van der Waals surface area (Å²) < 4.78 is 12.3. The average molecular weight is 1230 g/mol. The number of quaternary nitrogens is 1. The first-order valence-corrected chi connectivity index (χ1v) is 29.7. The molecule has 25 heteroatoms. The summed E-state index contributed by atoms with van der Waals surface area (Å²) in [5.74, 6) is -8.24. The summed E-state index contributed by atoms with van der Waals surface area (Å²) >= 11 is 0. The van der Waals surface area contributed by atoms with Crippen LogP contribution in [0.3, 0.4) is 0 Å². The number of carbonyl (C=O) groups is 7. The maximum absolute atomic E-state index is 14.8. The molecule has 7 rings (SSSR count). The van der Waals surface area contributed by atoms with Crippen molar-refractivity contribution in [2.24, 2.45) is 5.92 Å². The highest BCUT2D eigenvalue weighted by Gasteiger charge is 2.50. The zero-order chi connectivity index (χ0) is 64.3. The van der Waals surface area contributed by atoms with E-state index in [1.807, 2.05) is 69.7 Å². The number of nitrogens with zero attached hydrogens (tertiary/aromatic N) is 3. The van der Waals surface area contributed by atoms with Gasteiger partial charge in [-0.1, -0.05) is 87.4 Å². The minimum Gasteiger partial charge on any atom is -0.508 e. The molecule has 4 aromatic rings. The van der Waals surface area contributed by atoms with Crippen molar-refractivity contribution in [1.82, 2.24) is 36.4 Å². The third kappa shape index (κ3) is 17.2. The predicted molar refractivity (Wildman–Crippen MR) is 320 cm³/mol. The number of aliphatic hydroxyl groups excluding tert-OH is 7. The molecule has 25 nitrogen and oxygen atoms in total. The van der Waals surface area contributed by atoms with Crippen LogP contribution in [-0.2, 0) is 33.5 Å². The molecule has 2 unspecified atom stereocenters. The number of phenols is 1. The van der Waals surface area contributed by atoms with Gasteiger partial charge in [-0.15, -0.1) is 0 Å². The summed E-state index contributed by atoms with van der Waals surface area (Å²) in [4.78, 5) is 104. The zero-order valence-electron chi connectivity index (χ0n) is 50.6. The normalized spacial score (nSPS) is 26.7. The summed E-state index contributed by atoms with van der Waals surface area (Å²) in [6.45, 7) is 5.80. The molecular weight excluding hydrogens is 1140 g/mol. The van der Waals surface area contributed by atoms with Crippen LogP contribution in [0.25, 0.3) is 22.3 Å². The fourth-order valence-corrected chi connectivity index (χ4v) is 10.8. The Morgan fingerprint density at radius 2 is 1.18 bits per heavy atom. The van der Waals surface area contributed by atoms with Crippen LogP contribution in [0.5, 0.6) is 11.5 Å². The largest absolute Gasteiger partial charge is 0.508 e. The van der Waals surface area contributed by atoms with Gasteiger partial charge in [0.25, 0.3) is 5.91 Å². The van der Waals surface area contributed by atoms with E-state index in [2.05, 4.69) is 33.5 Å². The van der Waals surface area contributed by atoms with Crippen molar-refractivity contribution < 1.29 is 88.4 Å². The molecule has 3 fully saturated rings. The van der Waals surface area contributed by atoms with Crippen LogP contribution in [0.15, 0.2) is 97.1 Å². The summed E-state index contributed by atoms with van der Waals surface area (Å²) in [5, 5.41) is 103. The summed E-state index contributed by atoms with van der Waals surface area (Å²) in [7, 11) is 5.52. The first-order chi connectivity index (χ1) is 41.6. The monoisotopic (exact) mass is 1230 g/mol. The van der Waals surface area contributed by atoms with Crippen LogP contribution in [0, 0.1) is 5.92 Å². The second-order valence-electron chi connectivity index (χ2n) is 24.1. The van der Waals surface area contributed by atoms with Gasteiger partial charge in [-0.05, 0) is 84.5 Å². The van der Waals surface area contributed by atoms with Gasteiger partial charge in [-0.25, -0.2) is 0 Å². The maximum Gasteiger partial charge on any atom is 0.251 e. The Bertz CT molecular complexity index is 3040. The van der Waals surface area contributed by atoms with Crippen molar-refractivity contribution in [3.05, 3.63) is 108 Å². The van der Waals surface area contributed by atoms with Crippen LogP contribution in [0.4, 0.5) is 0 Å². The van der Waals surface area contributed by atoms with Gasteiger partial charge in [0, 0.05) is 37.4 Å². The minimum absolute atomic E-state index is 0.0470. The van der Waals surface area contributed by atoms with E-state index in [0.717, 1.165) is 70.9 Å². The van der Waals surface area contributed by atoms with Crippen molar-refractivity contribution >= 4 is 41.4 Å². The number of phenolic OH excluding ortho intramolecular Hbond substituents is 1. The fraction of sp³-hybridized carbons (Fsp3) is 0.508. The highest BCUT2D eigenvalue weighted by molar-refractivity contribution is 6.00. The molecule has 4 aromatic carbocycles. The average Bonchev–Trinajstić information content (AvgIpc) is 2.08. The van der Waals surface area contributed by atoms with E-state index in [0.29, 0.717) is 11.1 Å². The third-order valence-electron chi connectivity index (χ3n) is 16.1. The summed E-state index contributed by atoms with van der Waals surface area (Å²) in [6.07, 6.45) is -12.6. The molecule has 13 N–H and O–H groups in total. The standard InChI is InChI=1S/C63H84N8O17/c1-8-9-10-28-87-45-25-21-40(22-26-45)38-13-11-37(12-14-38)39-15-17-42(18-16-39)56(80)64-46-31-48(76)61(88-29-27-71(5,6)7)68-60(84)52-53(77)34(2)32-70(52)63(86)50(36(4)73)66-59(83)51(55(79)54(78)41-19-23-43(74)24-20-41)67-58(82)47-30-44(75)33-69(47)62(85)49(35(3)72)65-57(46)81/h11-26,34-36,44,46-55,61,72-73,75-79H,8-10,27-33H2,1-7H3,(H5-,64,65,66,67,68,74,80,81,82,83,84)/p+1/t34-,35+,36+,44+,46-,47-,48+,49?,50-,51-,52-,53-,54-,55-,61?/m0/s1. The molecule has 0 spiro atoms. The van der Waals surface area contributed by atoms with Gasteiger partial charge < -0.3 is 91.2 Å². The van der Waals surface area contributed by atoms with Gasteiger partial charge in [0.2, 0.25) is 35.4 Å². The van der Waals surface area contributed by atoms with Crippen LogP contribution >= 0.6 is 0 Å². The Morgan fingerprint density at radius 1 is 0.648 bits per heavy atom. The molecule has 478 valence electrons. The highest BCUT2D eigenvalue weighted by Crippen LogP contribution is 2.30. The SMILES string of the molecule is CCCCCOc1ccc(-c2ccc(-c3ccc(C(=O)N[C@H]4C[C@@H](O)C(OCC[N+](C)(C)C)NC(=O)[C@@H]5[C@@H](O)[C@@H](C)CN5C(=O)[C@H]([C@@H](C)O)NC(=O)[C@H]([C@H](O)[C@@H](O)c5ccc(O)cc5)NC(=O)[C@@H]5C[C@@H](O)CN5C(=O)C([C@@H](C)O)NC4=O)cc3)cc2)cc1. The van der Waals surface area contributed by atoms with E-state index in [1.165, 1.54) is 43.3 Å². The second-order valence-corrected chi connectivity index (χ2v) is 24.1. The van der Waals surface area contributed by atoms with Crippen molar-refractivity contribution in [1.29, 1.82) is 0 Å². The Kier molecular flexibility index (Phi) is 23.2. The molecule has 0 radical (unpaired) electrons. The van der Waals surface area contributed by atoms with Crippen LogP contribution in [0.2, 0.25) is 0 Å². The molecule has 7 amide bonds. The molecule has 3 saturated heterocycles. The number of aliphatic hydroxyl groups is 7. The fourth-order valence-electron chi connectivity index (χ4n) is 10.8. The Labute approximate surface area is 511 Å². The summed E-state index contributed by atoms with van der Waals surface area (Å²) in [6, 6.07) is 15.3. The van der Waals surface area contributed by atoms with Crippen molar-refractivity contribution in [2.45, 2.75) is 145 Å². The number of amides is 7. The molecule has 0 saturated carbocycles. The van der Waals surface area contributed by atoms with Gasteiger partial charge in [-0.2, -0.15) is 0 Å². The van der Waals surface area contributed by atoms with Gasteiger partial charge in [0.05, 0.1) is 58.8 Å². The number of carbonyl (C=O) groups excluding carboxylic acids is 7. The van der Waals surface area contributed by atoms with E-state index in [1.54, 1.807) is 12.1 Å². The number of rotatable bonds is 18. The quantitative estimate of drug-likeness (QED) is 0.0453. The van der Waals surface area contributed by atoms with Crippen molar-refractivity contribution in [3.63, 3.8) is 0 Å². The lowest BCUT2D eigenvalue weighted by atomic mass is 9.96. The lowest BCUT2D eigenvalue weighted by molar-refractivity contribution is -0.870. The lowest BCUT2D eigenvalue weighted by Gasteiger charge is -2.34. The second kappa shape index (κ2) is 30.1. The molecule has 3 aliphatic heterocycles. The number of aromatic hydroxyl groups is 1. The van der Waals surface area contributed by atoms with Gasteiger partial charge in [-0.3, -0.25) is 33.6 Å². The number of ether oxygens (including phenoxy) is 2. The lowest BCUT2D eigenvalue weighted by Crippen LogP contribution is -2.64. The van der Waals surface area contributed by atoms with E-state index >= 15 is 0 Å². The van der Waals surface area contributed by atoms with Gasteiger partial charge >= 0.3 is 0 Å². The maximum atomic E-state index is 14.8. The van der Waals surface area contributed by atoms with Crippen molar-refractivity contribution in [3.8, 4) is 33.8 Å². The highest BCUT2D eigenvalue weighted by atomic mass is 16.5. The van der Waals surface area contributed by atoms with Gasteiger partial charge in [0.15, 0.2) is 6.23 Å². The topological polar surface area (TPSA) is 366 Å². The number of benzene rings is 4. The van der Waals surface area contributed by atoms with E-state index in [9.17, 15) is 74.4 Å². The molecule has 0 aromatic heterocycles. The molecule has 3 heterocycles.